The third-order valence-corrected chi connectivity index (χ3v) is 3.95. The molecule has 1 atom stereocenters. The van der Waals surface area contributed by atoms with Crippen LogP contribution in [0.1, 0.15) is 26.2 Å². The molecule has 1 N–H and O–H groups in total. The van der Waals surface area contributed by atoms with Gasteiger partial charge in [-0.25, -0.2) is 0 Å². The molecule has 0 radical (unpaired) electrons. The van der Waals surface area contributed by atoms with Gasteiger partial charge in [-0.1, -0.05) is 6.42 Å². The molecule has 1 amide bonds. The minimum atomic E-state index is 0.203. The number of carbonyl (C=O) groups excluding carboxylic acids is 1. The third-order valence-electron chi connectivity index (χ3n) is 3.95. The predicted octanol–water partition coefficient (Wildman–Crippen LogP) is 0.309. The Morgan fingerprint density at radius 3 is 2.53 bits per heavy atom. The van der Waals surface area contributed by atoms with Gasteiger partial charge < -0.3 is 19.9 Å². The number of hydrogen-bond acceptors (Lipinski definition) is 4. The number of rotatable bonds is 5. The van der Waals surface area contributed by atoms with Crippen LogP contribution < -0.4 is 5.32 Å². The van der Waals surface area contributed by atoms with Crippen molar-refractivity contribution in [1.29, 1.82) is 0 Å². The molecule has 19 heavy (non-hydrogen) atoms. The van der Waals surface area contributed by atoms with Gasteiger partial charge in [-0.2, -0.15) is 0 Å². The van der Waals surface area contributed by atoms with E-state index in [9.17, 15) is 4.79 Å². The number of hydrogen-bond donors (Lipinski definition) is 1. The Balaban J connectivity index is 1.61. The van der Waals surface area contributed by atoms with Gasteiger partial charge in [0.25, 0.3) is 0 Å². The molecule has 2 heterocycles. The fraction of sp³-hybridized carbons (Fsp3) is 0.929. The lowest BCUT2D eigenvalue weighted by Gasteiger charge is -2.30. The average Bonchev–Trinajstić information content (AvgIpc) is 2.47. The lowest BCUT2D eigenvalue weighted by atomic mass is 10.1. The van der Waals surface area contributed by atoms with E-state index in [1.807, 2.05) is 4.90 Å². The van der Waals surface area contributed by atoms with Crippen LogP contribution in [0.5, 0.6) is 0 Å². The summed E-state index contributed by atoms with van der Waals surface area (Å²) in [7, 11) is 0. The van der Waals surface area contributed by atoms with Crippen molar-refractivity contribution >= 4 is 5.91 Å². The molecule has 0 aromatic heterocycles. The van der Waals surface area contributed by atoms with Crippen LogP contribution in [0.15, 0.2) is 0 Å². The van der Waals surface area contributed by atoms with Gasteiger partial charge in [0.05, 0.1) is 19.8 Å². The first kappa shape index (κ1) is 14.8. The quantitative estimate of drug-likeness (QED) is 0.780. The van der Waals surface area contributed by atoms with Crippen molar-refractivity contribution in [3.8, 4) is 0 Å². The van der Waals surface area contributed by atoms with Gasteiger partial charge in [0.2, 0.25) is 5.91 Å². The Bertz CT molecular complexity index is 274. The highest BCUT2D eigenvalue weighted by Gasteiger charge is 2.18. The second-order valence-corrected chi connectivity index (χ2v) is 5.64. The maximum atomic E-state index is 12.0. The minimum Gasteiger partial charge on any atom is -0.378 e. The second kappa shape index (κ2) is 7.82. The molecule has 0 aromatic rings. The number of ether oxygens (including phenoxy) is 1. The molecule has 2 fully saturated rings. The summed E-state index contributed by atoms with van der Waals surface area (Å²) < 4.78 is 5.26. The van der Waals surface area contributed by atoms with Crippen LogP contribution in [0.4, 0.5) is 0 Å². The molecule has 5 nitrogen and oxygen atoms in total. The van der Waals surface area contributed by atoms with Crippen molar-refractivity contribution in [3.63, 3.8) is 0 Å². The minimum absolute atomic E-state index is 0.203. The monoisotopic (exact) mass is 269 g/mol. The number of likely N-dealkylation sites (tertiary alicyclic amines) is 1. The van der Waals surface area contributed by atoms with E-state index in [4.69, 9.17) is 4.74 Å². The fourth-order valence-corrected chi connectivity index (χ4v) is 2.78. The summed E-state index contributed by atoms with van der Waals surface area (Å²) in [6.45, 7) is 8.92. The first-order valence-electron chi connectivity index (χ1n) is 7.57. The number of morpholine rings is 1. The molecule has 2 aliphatic heterocycles. The van der Waals surface area contributed by atoms with Gasteiger partial charge in [-0.3, -0.25) is 4.79 Å². The molecule has 2 aliphatic rings. The van der Waals surface area contributed by atoms with E-state index in [1.165, 1.54) is 32.4 Å². The summed E-state index contributed by atoms with van der Waals surface area (Å²) in [5, 5.41) is 3.35. The van der Waals surface area contributed by atoms with E-state index in [-0.39, 0.29) is 5.91 Å². The van der Waals surface area contributed by atoms with Crippen molar-refractivity contribution in [2.24, 2.45) is 0 Å². The van der Waals surface area contributed by atoms with Gasteiger partial charge in [0.15, 0.2) is 0 Å². The average molecular weight is 269 g/mol. The maximum absolute atomic E-state index is 12.0. The molecular formula is C14H27N3O2. The first-order chi connectivity index (χ1) is 9.25. The summed E-state index contributed by atoms with van der Waals surface area (Å²) in [6, 6.07) is 0.378. The molecule has 0 saturated carbocycles. The Kier molecular flexibility index (Phi) is 6.07. The number of amides is 1. The summed E-state index contributed by atoms with van der Waals surface area (Å²) in [6.07, 6.45) is 4.01. The molecule has 2 saturated heterocycles. The van der Waals surface area contributed by atoms with Gasteiger partial charge in [-0.15, -0.1) is 0 Å². The Labute approximate surface area is 116 Å². The van der Waals surface area contributed by atoms with E-state index in [0.717, 1.165) is 19.6 Å². The van der Waals surface area contributed by atoms with Crippen LogP contribution in [-0.2, 0) is 9.53 Å². The number of carbonyl (C=O) groups is 1. The lowest BCUT2D eigenvalue weighted by Crippen LogP contribution is -2.48. The van der Waals surface area contributed by atoms with E-state index < -0.39 is 0 Å². The maximum Gasteiger partial charge on any atom is 0.236 e. The van der Waals surface area contributed by atoms with Gasteiger partial charge >= 0.3 is 0 Å². The molecular weight excluding hydrogens is 242 g/mol. The molecule has 1 unspecified atom stereocenters. The summed E-state index contributed by atoms with van der Waals surface area (Å²) >= 11 is 0. The number of nitrogens with one attached hydrogen (secondary N) is 1. The topological polar surface area (TPSA) is 44.8 Å². The Hall–Kier alpha value is -0.650. The van der Waals surface area contributed by atoms with Crippen molar-refractivity contribution in [3.05, 3.63) is 0 Å². The van der Waals surface area contributed by atoms with E-state index in [0.29, 0.717) is 25.8 Å². The van der Waals surface area contributed by atoms with Crippen LogP contribution in [-0.4, -0.2) is 74.2 Å². The van der Waals surface area contributed by atoms with Crippen LogP contribution in [0.3, 0.4) is 0 Å². The SMILES string of the molecule is CC(CN1CCCCC1)NCC(=O)N1CCOCC1. The van der Waals surface area contributed by atoms with Gasteiger partial charge in [0.1, 0.15) is 0 Å². The fourth-order valence-electron chi connectivity index (χ4n) is 2.78. The molecule has 110 valence electrons. The van der Waals surface area contributed by atoms with Gasteiger partial charge in [-0.05, 0) is 32.9 Å². The summed E-state index contributed by atoms with van der Waals surface area (Å²) in [5.41, 5.74) is 0. The summed E-state index contributed by atoms with van der Waals surface area (Å²) in [5.74, 6) is 0.203. The third kappa shape index (κ3) is 5.09. The molecule has 0 aromatic carbocycles. The Morgan fingerprint density at radius 1 is 1.16 bits per heavy atom. The smallest absolute Gasteiger partial charge is 0.236 e. The number of nitrogens with zero attached hydrogens (tertiary/aromatic N) is 2. The zero-order valence-electron chi connectivity index (χ0n) is 12.1. The molecule has 0 spiro atoms. The Morgan fingerprint density at radius 2 is 1.84 bits per heavy atom. The highest BCUT2D eigenvalue weighted by atomic mass is 16.5. The van der Waals surface area contributed by atoms with Crippen LogP contribution in [0, 0.1) is 0 Å². The predicted molar refractivity (Wildman–Crippen MR) is 75.2 cm³/mol. The highest BCUT2D eigenvalue weighted by Crippen LogP contribution is 2.08. The van der Waals surface area contributed by atoms with Crippen LogP contribution in [0.2, 0.25) is 0 Å². The molecule has 5 heteroatoms. The van der Waals surface area contributed by atoms with Crippen molar-refractivity contribution < 1.29 is 9.53 Å². The zero-order chi connectivity index (χ0) is 13.5. The highest BCUT2D eigenvalue weighted by molar-refractivity contribution is 5.78. The number of piperidine rings is 1. The lowest BCUT2D eigenvalue weighted by molar-refractivity contribution is -0.134. The van der Waals surface area contributed by atoms with Gasteiger partial charge in [0, 0.05) is 25.7 Å². The zero-order valence-corrected chi connectivity index (χ0v) is 12.1. The van der Waals surface area contributed by atoms with Crippen LogP contribution in [0.25, 0.3) is 0 Å². The second-order valence-electron chi connectivity index (χ2n) is 5.64. The summed E-state index contributed by atoms with van der Waals surface area (Å²) in [4.78, 5) is 16.4. The van der Waals surface area contributed by atoms with Crippen LogP contribution >= 0.6 is 0 Å². The first-order valence-corrected chi connectivity index (χ1v) is 7.57. The van der Waals surface area contributed by atoms with E-state index in [2.05, 4.69) is 17.1 Å². The van der Waals surface area contributed by atoms with Crippen molar-refractivity contribution in [1.82, 2.24) is 15.1 Å². The van der Waals surface area contributed by atoms with Crippen molar-refractivity contribution in [2.75, 3.05) is 52.5 Å². The molecule has 0 bridgehead atoms. The van der Waals surface area contributed by atoms with E-state index >= 15 is 0 Å². The van der Waals surface area contributed by atoms with Crippen molar-refractivity contribution in [2.45, 2.75) is 32.2 Å². The standard InChI is InChI=1S/C14H27N3O2/c1-13(12-16-5-3-2-4-6-16)15-11-14(18)17-7-9-19-10-8-17/h13,15H,2-12H2,1H3. The largest absolute Gasteiger partial charge is 0.378 e. The molecule has 0 aliphatic carbocycles. The normalized spacial score (nSPS) is 23.3. The van der Waals surface area contributed by atoms with E-state index in [1.54, 1.807) is 0 Å². The molecule has 2 rings (SSSR count).